The first-order chi connectivity index (χ1) is 17.7. The Labute approximate surface area is 223 Å². The maximum absolute atomic E-state index is 14.0. The summed E-state index contributed by atoms with van der Waals surface area (Å²) < 4.78 is 1.69. The number of carbonyl (C=O) groups excluding carboxylic acids is 1. The van der Waals surface area contributed by atoms with Crippen LogP contribution >= 0.6 is 11.6 Å². The molecular formula is C31H34ClN3O2. The highest BCUT2D eigenvalue weighted by Crippen LogP contribution is 2.30. The third-order valence-corrected chi connectivity index (χ3v) is 7.25. The van der Waals surface area contributed by atoms with Crippen molar-refractivity contribution < 1.29 is 4.79 Å². The molecular weight excluding hydrogens is 482 g/mol. The Kier molecular flexibility index (Phi) is 8.13. The van der Waals surface area contributed by atoms with Crippen molar-refractivity contribution in [3.8, 4) is 5.69 Å². The average Bonchev–Trinajstić information content (AvgIpc) is 2.88. The molecule has 1 amide bonds. The van der Waals surface area contributed by atoms with Crippen LogP contribution in [-0.4, -0.2) is 26.9 Å². The molecule has 1 aromatic heterocycles. The fourth-order valence-electron chi connectivity index (χ4n) is 4.62. The van der Waals surface area contributed by atoms with E-state index in [1.165, 1.54) is 0 Å². The normalized spacial score (nSPS) is 12.2. The number of rotatable bonds is 8. The number of hydrogen-bond acceptors (Lipinski definition) is 3. The first-order valence-corrected chi connectivity index (χ1v) is 13.3. The van der Waals surface area contributed by atoms with Gasteiger partial charge in [0, 0.05) is 6.54 Å². The Balaban J connectivity index is 1.97. The maximum Gasteiger partial charge on any atom is 0.266 e. The first kappa shape index (κ1) is 26.6. The first-order valence-electron chi connectivity index (χ1n) is 12.9. The van der Waals surface area contributed by atoms with Gasteiger partial charge in [-0.15, -0.1) is 0 Å². The summed E-state index contributed by atoms with van der Waals surface area (Å²) >= 11 is 6.46. The standard InChI is InChI=1S/C31H34ClN3O2/c1-6-28(34(18-17-20(2)3)30(36)24-11-7-9-13-26(24)32)29-33-27-14-10-8-12-25(27)31(37)35(29)23-16-15-21(4)22(5)19-23/h7-16,19-20,28H,6,17-18H2,1-5H3. The molecule has 6 heteroatoms. The number of nitrogens with zero attached hydrogens (tertiary/aromatic N) is 3. The van der Waals surface area contributed by atoms with Crippen LogP contribution in [-0.2, 0) is 0 Å². The lowest BCUT2D eigenvalue weighted by Crippen LogP contribution is -2.39. The van der Waals surface area contributed by atoms with Crippen molar-refractivity contribution in [3.05, 3.63) is 105 Å². The van der Waals surface area contributed by atoms with Gasteiger partial charge >= 0.3 is 0 Å². The summed E-state index contributed by atoms with van der Waals surface area (Å²) in [5.74, 6) is 0.788. The molecule has 3 aromatic carbocycles. The predicted octanol–water partition coefficient (Wildman–Crippen LogP) is 7.30. The number of carbonyl (C=O) groups is 1. The summed E-state index contributed by atoms with van der Waals surface area (Å²) in [6.45, 7) is 10.9. The van der Waals surface area contributed by atoms with Crippen molar-refractivity contribution >= 4 is 28.4 Å². The van der Waals surface area contributed by atoms with E-state index in [1.54, 1.807) is 22.8 Å². The summed E-state index contributed by atoms with van der Waals surface area (Å²) in [6.07, 6.45) is 1.40. The smallest absolute Gasteiger partial charge is 0.266 e. The molecule has 0 spiro atoms. The zero-order valence-electron chi connectivity index (χ0n) is 22.2. The van der Waals surface area contributed by atoms with E-state index in [9.17, 15) is 9.59 Å². The zero-order valence-corrected chi connectivity index (χ0v) is 22.9. The van der Waals surface area contributed by atoms with Crippen LogP contribution in [0.25, 0.3) is 16.6 Å². The summed E-state index contributed by atoms with van der Waals surface area (Å²) in [4.78, 5) is 34.8. The van der Waals surface area contributed by atoms with Crippen molar-refractivity contribution in [2.24, 2.45) is 5.92 Å². The highest BCUT2D eigenvalue weighted by Gasteiger charge is 2.30. The van der Waals surface area contributed by atoms with Gasteiger partial charge in [0.15, 0.2) is 0 Å². The molecule has 1 unspecified atom stereocenters. The van der Waals surface area contributed by atoms with Gasteiger partial charge in [0.25, 0.3) is 11.5 Å². The van der Waals surface area contributed by atoms with Gasteiger partial charge in [-0.05, 0) is 80.1 Å². The molecule has 0 N–H and O–H groups in total. The number of amides is 1. The zero-order chi connectivity index (χ0) is 26.7. The van der Waals surface area contributed by atoms with Gasteiger partial charge in [-0.1, -0.05) is 62.7 Å². The Hall–Kier alpha value is -3.44. The second-order valence-electron chi connectivity index (χ2n) is 9.98. The Morgan fingerprint density at radius 1 is 1.00 bits per heavy atom. The summed E-state index contributed by atoms with van der Waals surface area (Å²) in [7, 11) is 0. The van der Waals surface area contributed by atoms with Crippen LogP contribution in [0.2, 0.25) is 5.02 Å². The van der Waals surface area contributed by atoms with Gasteiger partial charge in [-0.2, -0.15) is 0 Å². The number of aromatic nitrogens is 2. The van der Waals surface area contributed by atoms with Crippen molar-refractivity contribution in [1.82, 2.24) is 14.5 Å². The van der Waals surface area contributed by atoms with Crippen LogP contribution in [0.1, 0.15) is 67.0 Å². The van der Waals surface area contributed by atoms with E-state index in [1.807, 2.05) is 74.2 Å². The van der Waals surface area contributed by atoms with E-state index in [-0.39, 0.29) is 11.5 Å². The summed E-state index contributed by atoms with van der Waals surface area (Å²) in [6, 6.07) is 20.1. The summed E-state index contributed by atoms with van der Waals surface area (Å²) in [5, 5.41) is 0.959. The van der Waals surface area contributed by atoms with E-state index in [0.717, 1.165) is 23.2 Å². The van der Waals surface area contributed by atoms with E-state index in [0.29, 0.717) is 46.2 Å². The Bertz CT molecular complexity index is 1490. The monoisotopic (exact) mass is 515 g/mol. The minimum absolute atomic E-state index is 0.142. The largest absolute Gasteiger partial charge is 0.328 e. The van der Waals surface area contributed by atoms with Crippen LogP contribution in [0.5, 0.6) is 0 Å². The third-order valence-electron chi connectivity index (χ3n) is 6.92. The van der Waals surface area contributed by atoms with Gasteiger partial charge in [-0.25, -0.2) is 4.98 Å². The molecule has 0 saturated heterocycles. The van der Waals surface area contributed by atoms with Crippen molar-refractivity contribution in [2.45, 2.75) is 53.5 Å². The maximum atomic E-state index is 14.0. The molecule has 0 radical (unpaired) electrons. The van der Waals surface area contributed by atoms with Crippen LogP contribution in [0.3, 0.4) is 0 Å². The van der Waals surface area contributed by atoms with E-state index < -0.39 is 6.04 Å². The third kappa shape index (κ3) is 5.47. The second kappa shape index (κ2) is 11.3. The van der Waals surface area contributed by atoms with Crippen LogP contribution in [0.4, 0.5) is 0 Å². The van der Waals surface area contributed by atoms with Gasteiger partial charge in [0.05, 0.1) is 33.2 Å². The number of aryl methyl sites for hydroxylation is 2. The molecule has 0 aliphatic carbocycles. The number of fused-ring (bicyclic) bond motifs is 1. The lowest BCUT2D eigenvalue weighted by molar-refractivity contribution is 0.0649. The summed E-state index contributed by atoms with van der Waals surface area (Å²) in [5.41, 5.74) is 3.90. The molecule has 192 valence electrons. The Morgan fingerprint density at radius 3 is 2.38 bits per heavy atom. The van der Waals surface area contributed by atoms with Crippen LogP contribution in [0, 0.1) is 19.8 Å². The number of benzene rings is 3. The molecule has 5 nitrogen and oxygen atoms in total. The average molecular weight is 516 g/mol. The molecule has 0 aliphatic heterocycles. The molecule has 0 saturated carbocycles. The molecule has 1 heterocycles. The lowest BCUT2D eigenvalue weighted by atomic mass is 10.0. The highest BCUT2D eigenvalue weighted by atomic mass is 35.5. The van der Waals surface area contributed by atoms with Gasteiger partial charge in [0.2, 0.25) is 0 Å². The molecule has 0 bridgehead atoms. The van der Waals surface area contributed by atoms with Crippen molar-refractivity contribution in [1.29, 1.82) is 0 Å². The fraction of sp³-hybridized carbons (Fsp3) is 0.323. The molecule has 4 rings (SSSR count). The van der Waals surface area contributed by atoms with Crippen LogP contribution < -0.4 is 5.56 Å². The second-order valence-corrected chi connectivity index (χ2v) is 10.4. The van der Waals surface area contributed by atoms with Crippen LogP contribution in [0.15, 0.2) is 71.5 Å². The van der Waals surface area contributed by atoms with E-state index in [4.69, 9.17) is 16.6 Å². The Morgan fingerprint density at radius 2 is 1.70 bits per heavy atom. The molecule has 0 fully saturated rings. The molecule has 37 heavy (non-hydrogen) atoms. The SMILES string of the molecule is CCC(c1nc2ccccc2c(=O)n1-c1ccc(C)c(C)c1)N(CCC(C)C)C(=O)c1ccccc1Cl. The van der Waals surface area contributed by atoms with E-state index in [2.05, 4.69) is 13.8 Å². The minimum Gasteiger partial charge on any atom is -0.328 e. The van der Waals surface area contributed by atoms with Gasteiger partial charge < -0.3 is 4.90 Å². The van der Waals surface area contributed by atoms with Gasteiger partial charge in [0.1, 0.15) is 5.82 Å². The fourth-order valence-corrected chi connectivity index (χ4v) is 4.83. The van der Waals surface area contributed by atoms with Crippen molar-refractivity contribution in [3.63, 3.8) is 0 Å². The molecule has 0 aliphatic rings. The van der Waals surface area contributed by atoms with E-state index >= 15 is 0 Å². The molecule has 4 aromatic rings. The minimum atomic E-state index is -0.429. The van der Waals surface area contributed by atoms with Gasteiger partial charge in [-0.3, -0.25) is 14.2 Å². The number of halogens is 1. The lowest BCUT2D eigenvalue weighted by Gasteiger charge is -2.33. The predicted molar refractivity (Wildman–Crippen MR) is 152 cm³/mol. The quantitative estimate of drug-likeness (QED) is 0.247. The van der Waals surface area contributed by atoms with Crippen molar-refractivity contribution in [2.75, 3.05) is 6.54 Å². The highest BCUT2D eigenvalue weighted by molar-refractivity contribution is 6.33. The molecule has 1 atom stereocenters. The number of hydrogen-bond donors (Lipinski definition) is 0. The number of para-hydroxylation sites is 1. The topological polar surface area (TPSA) is 55.2 Å².